The van der Waals surface area contributed by atoms with E-state index in [1.54, 1.807) is 0 Å². The summed E-state index contributed by atoms with van der Waals surface area (Å²) in [7, 11) is 0. The van der Waals surface area contributed by atoms with Gasteiger partial charge in [0.15, 0.2) is 5.96 Å². The monoisotopic (exact) mass is 371 g/mol. The Morgan fingerprint density at radius 1 is 1.19 bits per heavy atom. The zero-order valence-corrected chi connectivity index (χ0v) is 16.7. The van der Waals surface area contributed by atoms with Crippen molar-refractivity contribution in [3.63, 3.8) is 0 Å². The first-order valence-electron chi connectivity index (χ1n) is 10.2. The van der Waals surface area contributed by atoms with E-state index in [4.69, 9.17) is 9.73 Å². The van der Waals surface area contributed by atoms with Gasteiger partial charge < -0.3 is 20.4 Å². The number of nitrogens with one attached hydrogen (secondary N) is 3. The van der Waals surface area contributed by atoms with Gasteiger partial charge in [0.25, 0.3) is 0 Å². The number of aromatic nitrogens is 1. The quantitative estimate of drug-likeness (QED) is 0.491. The van der Waals surface area contributed by atoms with E-state index in [9.17, 15) is 0 Å². The average Bonchev–Trinajstić information content (AvgIpc) is 3.12. The molecule has 1 aromatic heterocycles. The first-order valence-corrected chi connectivity index (χ1v) is 10.2. The second-order valence-corrected chi connectivity index (χ2v) is 6.90. The van der Waals surface area contributed by atoms with Crippen LogP contribution < -0.4 is 10.6 Å². The van der Waals surface area contributed by atoms with Crippen LogP contribution in [-0.2, 0) is 17.6 Å². The molecule has 0 unspecified atom stereocenters. The van der Waals surface area contributed by atoms with Crippen LogP contribution in [0.4, 0.5) is 0 Å². The number of benzene rings is 1. The van der Waals surface area contributed by atoms with Crippen molar-refractivity contribution in [3.05, 3.63) is 35.5 Å². The molecule has 1 aliphatic heterocycles. The van der Waals surface area contributed by atoms with Crippen molar-refractivity contribution in [2.45, 2.75) is 26.7 Å². The number of fused-ring (bicyclic) bond motifs is 1. The number of morpholine rings is 1. The first kappa shape index (κ1) is 19.7. The summed E-state index contributed by atoms with van der Waals surface area (Å²) < 4.78 is 5.39. The molecule has 0 aliphatic carbocycles. The van der Waals surface area contributed by atoms with Crippen molar-refractivity contribution in [3.8, 4) is 0 Å². The van der Waals surface area contributed by atoms with Gasteiger partial charge >= 0.3 is 0 Å². The van der Waals surface area contributed by atoms with E-state index < -0.39 is 0 Å². The van der Waals surface area contributed by atoms with Crippen LogP contribution in [0, 0.1) is 0 Å². The van der Waals surface area contributed by atoms with Gasteiger partial charge in [-0.2, -0.15) is 0 Å². The second kappa shape index (κ2) is 10.3. The minimum absolute atomic E-state index is 0.808. The van der Waals surface area contributed by atoms with Crippen molar-refractivity contribution in [2.75, 3.05) is 52.5 Å². The molecule has 0 bridgehead atoms. The Morgan fingerprint density at radius 2 is 2.04 bits per heavy atom. The average molecular weight is 372 g/mol. The lowest BCUT2D eigenvalue weighted by Crippen LogP contribution is -2.40. The summed E-state index contributed by atoms with van der Waals surface area (Å²) in [6, 6.07) is 6.57. The molecule has 1 saturated heterocycles. The number of hydrogen-bond acceptors (Lipinski definition) is 3. The fourth-order valence-electron chi connectivity index (χ4n) is 3.56. The third kappa shape index (κ3) is 5.47. The molecular weight excluding hydrogens is 338 g/mol. The Hall–Kier alpha value is -2.05. The SMILES string of the molecule is CCNC(=NCCN1CCOCC1)NCCc1c[nH]c2c(CC)cccc12. The largest absolute Gasteiger partial charge is 0.379 e. The number of aromatic amines is 1. The highest BCUT2D eigenvalue weighted by Gasteiger charge is 2.09. The molecule has 0 radical (unpaired) electrons. The molecule has 0 spiro atoms. The maximum Gasteiger partial charge on any atom is 0.191 e. The van der Waals surface area contributed by atoms with E-state index in [0.717, 1.165) is 71.3 Å². The van der Waals surface area contributed by atoms with Crippen molar-refractivity contribution in [2.24, 2.45) is 4.99 Å². The fraction of sp³-hybridized carbons (Fsp3) is 0.571. The molecule has 1 aromatic carbocycles. The van der Waals surface area contributed by atoms with Crippen LogP contribution in [0.15, 0.2) is 29.4 Å². The highest BCUT2D eigenvalue weighted by Crippen LogP contribution is 2.22. The zero-order chi connectivity index (χ0) is 18.9. The molecule has 6 heteroatoms. The lowest BCUT2D eigenvalue weighted by molar-refractivity contribution is 0.0394. The van der Waals surface area contributed by atoms with E-state index in [-0.39, 0.29) is 0 Å². The van der Waals surface area contributed by atoms with E-state index in [1.807, 2.05) is 0 Å². The number of aliphatic imine (C=N–C) groups is 1. The Bertz CT molecular complexity index is 733. The predicted octanol–water partition coefficient (Wildman–Crippen LogP) is 2.16. The molecule has 3 rings (SSSR count). The molecule has 0 saturated carbocycles. The smallest absolute Gasteiger partial charge is 0.191 e. The number of ether oxygens (including phenoxy) is 1. The van der Waals surface area contributed by atoms with E-state index in [0.29, 0.717) is 0 Å². The number of H-pyrrole nitrogens is 1. The van der Waals surface area contributed by atoms with Crippen LogP contribution in [0.5, 0.6) is 0 Å². The second-order valence-electron chi connectivity index (χ2n) is 6.90. The van der Waals surface area contributed by atoms with Crippen LogP contribution in [0.25, 0.3) is 10.9 Å². The van der Waals surface area contributed by atoms with Crippen LogP contribution in [0.3, 0.4) is 0 Å². The summed E-state index contributed by atoms with van der Waals surface area (Å²) in [6.45, 7) is 11.5. The van der Waals surface area contributed by atoms with Gasteiger partial charge in [0, 0.05) is 49.8 Å². The van der Waals surface area contributed by atoms with Crippen LogP contribution in [0.2, 0.25) is 0 Å². The van der Waals surface area contributed by atoms with E-state index in [2.05, 4.69) is 58.8 Å². The summed E-state index contributed by atoms with van der Waals surface area (Å²) in [5.74, 6) is 0.903. The number of hydrogen-bond donors (Lipinski definition) is 3. The Balaban J connectivity index is 1.51. The minimum atomic E-state index is 0.808. The number of nitrogens with zero attached hydrogens (tertiary/aromatic N) is 2. The Kier molecular flexibility index (Phi) is 7.54. The van der Waals surface area contributed by atoms with Gasteiger partial charge in [0.1, 0.15) is 0 Å². The molecule has 2 aromatic rings. The molecule has 1 aliphatic rings. The molecule has 6 nitrogen and oxygen atoms in total. The van der Waals surface area contributed by atoms with Crippen molar-refractivity contribution >= 4 is 16.9 Å². The minimum Gasteiger partial charge on any atom is -0.379 e. The van der Waals surface area contributed by atoms with Gasteiger partial charge in [-0.05, 0) is 30.9 Å². The highest BCUT2D eigenvalue weighted by atomic mass is 16.5. The molecule has 0 amide bonds. The number of aryl methyl sites for hydroxylation is 1. The third-order valence-electron chi connectivity index (χ3n) is 5.09. The first-order chi connectivity index (χ1) is 13.3. The highest BCUT2D eigenvalue weighted by molar-refractivity contribution is 5.86. The van der Waals surface area contributed by atoms with Crippen LogP contribution >= 0.6 is 0 Å². The molecule has 2 heterocycles. The van der Waals surface area contributed by atoms with Gasteiger partial charge in [-0.15, -0.1) is 0 Å². The molecule has 3 N–H and O–H groups in total. The third-order valence-corrected chi connectivity index (χ3v) is 5.09. The summed E-state index contributed by atoms with van der Waals surface area (Å²) in [6.07, 6.45) is 4.17. The van der Waals surface area contributed by atoms with Gasteiger partial charge in [-0.25, -0.2) is 0 Å². The maximum absolute atomic E-state index is 5.39. The van der Waals surface area contributed by atoms with Crippen molar-refractivity contribution in [1.82, 2.24) is 20.5 Å². The van der Waals surface area contributed by atoms with Crippen LogP contribution in [-0.4, -0.2) is 68.3 Å². The Morgan fingerprint density at radius 3 is 2.81 bits per heavy atom. The predicted molar refractivity (Wildman–Crippen MR) is 113 cm³/mol. The summed E-state index contributed by atoms with van der Waals surface area (Å²) in [4.78, 5) is 10.6. The summed E-state index contributed by atoms with van der Waals surface area (Å²) in [5, 5.41) is 8.15. The summed E-state index contributed by atoms with van der Waals surface area (Å²) >= 11 is 0. The topological polar surface area (TPSA) is 64.7 Å². The lowest BCUT2D eigenvalue weighted by Gasteiger charge is -2.25. The van der Waals surface area contributed by atoms with Gasteiger partial charge in [0.2, 0.25) is 0 Å². The molecule has 1 fully saturated rings. The van der Waals surface area contributed by atoms with Crippen molar-refractivity contribution in [1.29, 1.82) is 0 Å². The van der Waals surface area contributed by atoms with Crippen LogP contribution in [0.1, 0.15) is 25.0 Å². The standard InChI is InChI=1S/C21H33N5O/c1-3-17-6-5-7-19-18(16-25-20(17)19)8-9-23-21(22-4-2)24-10-11-26-12-14-27-15-13-26/h5-7,16,25H,3-4,8-15H2,1-2H3,(H2,22,23,24). The van der Waals surface area contributed by atoms with E-state index >= 15 is 0 Å². The molecule has 0 atom stereocenters. The zero-order valence-electron chi connectivity index (χ0n) is 16.7. The lowest BCUT2D eigenvalue weighted by atomic mass is 10.1. The van der Waals surface area contributed by atoms with Gasteiger partial charge in [0.05, 0.1) is 19.8 Å². The maximum atomic E-state index is 5.39. The van der Waals surface area contributed by atoms with Gasteiger partial charge in [-0.1, -0.05) is 25.1 Å². The molecular formula is C21H33N5O. The number of para-hydroxylation sites is 1. The van der Waals surface area contributed by atoms with Crippen molar-refractivity contribution < 1.29 is 4.74 Å². The molecule has 27 heavy (non-hydrogen) atoms. The van der Waals surface area contributed by atoms with E-state index in [1.165, 1.54) is 22.0 Å². The number of guanidine groups is 1. The van der Waals surface area contributed by atoms with Gasteiger partial charge in [-0.3, -0.25) is 9.89 Å². The normalized spacial score (nSPS) is 16.0. The Labute approximate surface area is 162 Å². The number of rotatable bonds is 8. The fourth-order valence-corrected chi connectivity index (χ4v) is 3.56. The summed E-state index contributed by atoms with van der Waals surface area (Å²) in [5.41, 5.74) is 4.02. The molecule has 148 valence electrons.